The standard InChI is InChI=1S/C18H21ClN4O2S/c1-5-26-18-21-17-20-11(4)14(16(24)25-10(2)3)15(23(17)22-18)12-7-6-8-13(19)9-12/h6-10,15H,5H2,1-4H3,(H,20,21,22). The molecule has 1 unspecified atom stereocenters. The minimum atomic E-state index is -0.449. The lowest BCUT2D eigenvalue weighted by molar-refractivity contribution is -0.143. The van der Waals surface area contributed by atoms with Gasteiger partial charge in [0.15, 0.2) is 0 Å². The zero-order valence-corrected chi connectivity index (χ0v) is 16.7. The highest BCUT2D eigenvalue weighted by atomic mass is 35.5. The Labute approximate surface area is 162 Å². The Bertz CT molecular complexity index is 863. The molecule has 0 fully saturated rings. The van der Waals surface area contributed by atoms with Crippen molar-refractivity contribution < 1.29 is 9.53 Å². The number of esters is 1. The van der Waals surface area contributed by atoms with Crippen LogP contribution in [0.2, 0.25) is 5.02 Å². The number of allylic oxidation sites excluding steroid dienone is 1. The highest BCUT2D eigenvalue weighted by Crippen LogP contribution is 2.37. The molecule has 8 heteroatoms. The smallest absolute Gasteiger partial charge is 0.338 e. The van der Waals surface area contributed by atoms with Crippen LogP contribution in [0.4, 0.5) is 5.95 Å². The van der Waals surface area contributed by atoms with E-state index in [1.165, 1.54) is 0 Å². The number of hydrogen-bond acceptors (Lipinski definition) is 6. The molecule has 0 saturated heterocycles. The fourth-order valence-electron chi connectivity index (χ4n) is 2.85. The van der Waals surface area contributed by atoms with Crippen molar-refractivity contribution in [2.75, 3.05) is 11.1 Å². The maximum Gasteiger partial charge on any atom is 0.338 e. The summed E-state index contributed by atoms with van der Waals surface area (Å²) in [6.07, 6.45) is -0.217. The first kappa shape index (κ1) is 18.8. The van der Waals surface area contributed by atoms with E-state index >= 15 is 0 Å². The van der Waals surface area contributed by atoms with Crippen LogP contribution >= 0.6 is 23.4 Å². The number of halogens is 1. The third kappa shape index (κ3) is 3.73. The molecule has 0 aliphatic carbocycles. The van der Waals surface area contributed by atoms with Crippen LogP contribution in [0, 0.1) is 0 Å². The number of carbonyl (C=O) groups excluding carboxylic acids is 1. The van der Waals surface area contributed by atoms with Gasteiger partial charge in [-0.15, -0.1) is 5.10 Å². The average Bonchev–Trinajstić information content (AvgIpc) is 2.95. The van der Waals surface area contributed by atoms with Crippen molar-refractivity contribution in [3.8, 4) is 0 Å². The van der Waals surface area contributed by atoms with Crippen molar-refractivity contribution >= 4 is 35.3 Å². The molecule has 26 heavy (non-hydrogen) atoms. The molecule has 1 aliphatic heterocycles. The second-order valence-corrected chi connectivity index (χ2v) is 7.84. The van der Waals surface area contributed by atoms with E-state index in [1.54, 1.807) is 22.5 Å². The van der Waals surface area contributed by atoms with Gasteiger partial charge >= 0.3 is 5.97 Å². The Balaban J connectivity index is 2.13. The maximum atomic E-state index is 12.8. The molecule has 0 radical (unpaired) electrons. The number of nitrogens with zero attached hydrogens (tertiary/aromatic N) is 3. The number of benzene rings is 1. The van der Waals surface area contributed by atoms with Crippen molar-refractivity contribution in [1.29, 1.82) is 0 Å². The predicted octanol–water partition coefficient (Wildman–Crippen LogP) is 4.28. The molecular weight excluding hydrogens is 372 g/mol. The molecular formula is C18H21ClN4O2S. The molecule has 1 aromatic carbocycles. The molecule has 3 rings (SSSR count). The van der Waals surface area contributed by atoms with Gasteiger partial charge in [0.2, 0.25) is 11.1 Å². The van der Waals surface area contributed by atoms with Gasteiger partial charge in [-0.25, -0.2) is 9.48 Å². The Hall–Kier alpha value is -1.99. The van der Waals surface area contributed by atoms with Crippen molar-refractivity contribution in [2.45, 2.75) is 45.0 Å². The molecule has 138 valence electrons. The summed E-state index contributed by atoms with van der Waals surface area (Å²) in [5.74, 6) is 1.09. The summed E-state index contributed by atoms with van der Waals surface area (Å²) >= 11 is 7.74. The fraction of sp³-hybridized carbons (Fsp3) is 0.389. The van der Waals surface area contributed by atoms with E-state index in [0.29, 0.717) is 27.4 Å². The number of aromatic nitrogens is 3. The number of fused-ring (bicyclic) bond motifs is 1. The maximum absolute atomic E-state index is 12.8. The fourth-order valence-corrected chi connectivity index (χ4v) is 3.60. The predicted molar refractivity (Wildman–Crippen MR) is 104 cm³/mol. The summed E-state index contributed by atoms with van der Waals surface area (Å²) in [5.41, 5.74) is 2.06. The molecule has 0 spiro atoms. The van der Waals surface area contributed by atoms with Crippen LogP contribution in [-0.2, 0) is 9.53 Å². The van der Waals surface area contributed by atoms with Gasteiger partial charge in [0.1, 0.15) is 6.04 Å². The van der Waals surface area contributed by atoms with Gasteiger partial charge in [-0.1, -0.05) is 42.4 Å². The number of ether oxygens (including phenoxy) is 1. The Morgan fingerprint density at radius 3 is 2.88 bits per heavy atom. The van der Waals surface area contributed by atoms with Crippen molar-refractivity contribution in [2.24, 2.45) is 0 Å². The molecule has 1 aliphatic rings. The largest absolute Gasteiger partial charge is 0.459 e. The highest BCUT2D eigenvalue weighted by molar-refractivity contribution is 7.99. The van der Waals surface area contributed by atoms with Crippen LogP contribution in [0.3, 0.4) is 0 Å². The number of hydrogen-bond donors (Lipinski definition) is 1. The Morgan fingerprint density at radius 1 is 1.46 bits per heavy atom. The van der Waals surface area contributed by atoms with Gasteiger partial charge in [-0.2, -0.15) is 4.98 Å². The molecule has 0 bridgehead atoms. The molecule has 6 nitrogen and oxygen atoms in total. The Morgan fingerprint density at radius 2 is 2.23 bits per heavy atom. The lowest BCUT2D eigenvalue weighted by atomic mass is 9.96. The van der Waals surface area contributed by atoms with Crippen molar-refractivity contribution in [1.82, 2.24) is 14.8 Å². The SMILES string of the molecule is CCSc1nc2n(n1)C(c1cccc(Cl)c1)C(C(=O)OC(C)C)=C(C)N2. The minimum Gasteiger partial charge on any atom is -0.459 e. The van der Waals surface area contributed by atoms with Gasteiger partial charge in [0.25, 0.3) is 0 Å². The molecule has 2 aromatic rings. The van der Waals surface area contributed by atoms with Crippen LogP contribution in [0.1, 0.15) is 39.3 Å². The number of nitrogens with one attached hydrogen (secondary N) is 1. The Kier molecular flexibility index (Phi) is 5.58. The third-order valence-electron chi connectivity index (χ3n) is 3.83. The lowest BCUT2D eigenvalue weighted by Gasteiger charge is -2.28. The van der Waals surface area contributed by atoms with E-state index in [9.17, 15) is 4.79 Å². The molecule has 2 heterocycles. The van der Waals surface area contributed by atoms with E-state index in [-0.39, 0.29) is 12.1 Å². The molecule has 1 aromatic heterocycles. The van der Waals surface area contributed by atoms with Gasteiger partial charge in [0, 0.05) is 10.7 Å². The van der Waals surface area contributed by atoms with E-state index in [4.69, 9.17) is 16.3 Å². The number of anilines is 1. The summed E-state index contributed by atoms with van der Waals surface area (Å²) < 4.78 is 7.20. The highest BCUT2D eigenvalue weighted by Gasteiger charge is 2.35. The summed E-state index contributed by atoms with van der Waals surface area (Å²) in [7, 11) is 0. The summed E-state index contributed by atoms with van der Waals surface area (Å²) in [5, 5.41) is 9.03. The monoisotopic (exact) mass is 392 g/mol. The van der Waals surface area contributed by atoms with E-state index in [2.05, 4.69) is 15.4 Å². The molecule has 1 atom stereocenters. The van der Waals surface area contributed by atoms with Gasteiger partial charge in [0.05, 0.1) is 11.7 Å². The quantitative estimate of drug-likeness (QED) is 0.604. The number of carbonyl (C=O) groups is 1. The minimum absolute atomic E-state index is 0.217. The van der Waals surface area contributed by atoms with Gasteiger partial charge in [-0.05, 0) is 44.2 Å². The van der Waals surface area contributed by atoms with E-state index < -0.39 is 6.04 Å². The first-order valence-corrected chi connectivity index (χ1v) is 9.80. The second-order valence-electron chi connectivity index (χ2n) is 6.17. The average molecular weight is 393 g/mol. The van der Waals surface area contributed by atoms with Crippen LogP contribution < -0.4 is 5.32 Å². The molecule has 0 saturated carbocycles. The second kappa shape index (κ2) is 7.72. The normalized spacial score (nSPS) is 16.5. The van der Waals surface area contributed by atoms with Gasteiger partial charge < -0.3 is 10.1 Å². The first-order chi connectivity index (χ1) is 12.4. The number of thioether (sulfide) groups is 1. The number of rotatable bonds is 5. The first-order valence-electron chi connectivity index (χ1n) is 8.44. The van der Waals surface area contributed by atoms with Crippen LogP contribution in [-0.4, -0.2) is 32.6 Å². The molecule has 1 N–H and O–H groups in total. The van der Waals surface area contributed by atoms with Crippen molar-refractivity contribution in [3.63, 3.8) is 0 Å². The lowest BCUT2D eigenvalue weighted by Crippen LogP contribution is -2.30. The summed E-state index contributed by atoms with van der Waals surface area (Å²) in [6.45, 7) is 7.55. The topological polar surface area (TPSA) is 69.0 Å². The van der Waals surface area contributed by atoms with Crippen molar-refractivity contribution in [3.05, 3.63) is 46.1 Å². The zero-order valence-electron chi connectivity index (χ0n) is 15.1. The zero-order chi connectivity index (χ0) is 18.8. The summed E-state index contributed by atoms with van der Waals surface area (Å²) in [4.78, 5) is 17.3. The van der Waals surface area contributed by atoms with Crippen LogP contribution in [0.5, 0.6) is 0 Å². The van der Waals surface area contributed by atoms with E-state index in [0.717, 1.165) is 11.3 Å². The molecule has 0 amide bonds. The van der Waals surface area contributed by atoms with E-state index in [1.807, 2.05) is 45.9 Å². The van der Waals surface area contributed by atoms with Crippen LogP contribution in [0.15, 0.2) is 40.7 Å². The van der Waals surface area contributed by atoms with Crippen LogP contribution in [0.25, 0.3) is 0 Å². The third-order valence-corrected chi connectivity index (χ3v) is 4.79. The van der Waals surface area contributed by atoms with Gasteiger partial charge in [-0.3, -0.25) is 0 Å². The summed E-state index contributed by atoms with van der Waals surface area (Å²) in [6, 6.07) is 6.98.